The Morgan fingerprint density at radius 2 is 2.08 bits per heavy atom. The van der Waals surface area contributed by atoms with Crippen LogP contribution in [0.2, 0.25) is 0 Å². The molecule has 0 fully saturated rings. The van der Waals surface area contributed by atoms with E-state index in [2.05, 4.69) is 12.7 Å². The summed E-state index contributed by atoms with van der Waals surface area (Å²) in [7, 11) is 0. The van der Waals surface area contributed by atoms with Crippen LogP contribution in [0, 0.1) is 0 Å². The van der Waals surface area contributed by atoms with E-state index >= 15 is 0 Å². The molecule has 13 heavy (non-hydrogen) atoms. The average Bonchev–Trinajstić information content (AvgIpc) is 2.10. The van der Waals surface area contributed by atoms with Gasteiger partial charge in [-0.3, -0.25) is 0 Å². The molecule has 0 amide bonds. The maximum Gasteiger partial charge on any atom is 0.151 e. The fourth-order valence-corrected chi connectivity index (χ4v) is 1.14. The largest absolute Gasteiger partial charge is 0.544 e. The normalized spacial score (nSPS) is 15.3. The Labute approximate surface area is 78.7 Å². The van der Waals surface area contributed by atoms with Gasteiger partial charge in [0, 0.05) is 0 Å². The highest BCUT2D eigenvalue weighted by molar-refractivity contribution is 5.69. The first-order valence-corrected chi connectivity index (χ1v) is 4.81. The molecule has 4 N–H and O–H groups in total. The lowest BCUT2D eigenvalue weighted by Gasteiger charge is -2.15. The second kappa shape index (κ2) is 6.86. The minimum atomic E-state index is -1.28. The lowest BCUT2D eigenvalue weighted by Crippen LogP contribution is -2.73. The summed E-state index contributed by atoms with van der Waals surface area (Å²) >= 11 is 0. The van der Waals surface area contributed by atoms with Gasteiger partial charge in [0.05, 0.1) is 0 Å². The molecule has 0 aromatic carbocycles. The van der Waals surface area contributed by atoms with Gasteiger partial charge in [0.1, 0.15) is 12.1 Å². The molecule has 4 heteroatoms. The van der Waals surface area contributed by atoms with Crippen molar-refractivity contribution in [2.24, 2.45) is 0 Å². The van der Waals surface area contributed by atoms with Gasteiger partial charge in [-0.2, -0.15) is 0 Å². The smallest absolute Gasteiger partial charge is 0.151 e. The first-order chi connectivity index (χ1) is 6.09. The van der Waals surface area contributed by atoms with Gasteiger partial charge in [0.25, 0.3) is 0 Å². The van der Waals surface area contributed by atoms with E-state index in [0.717, 1.165) is 25.7 Å². The molecule has 0 rings (SSSR count). The fourth-order valence-electron chi connectivity index (χ4n) is 1.14. The number of aliphatic hydroxyl groups excluding tert-OH is 1. The molecule has 0 aliphatic rings. The minimum Gasteiger partial charge on any atom is -0.544 e. The first kappa shape index (κ1) is 12.4. The number of hydrogen-bond donors (Lipinski definition) is 2. The second-order valence-corrected chi connectivity index (χ2v) is 3.34. The summed E-state index contributed by atoms with van der Waals surface area (Å²) < 4.78 is 0. The second-order valence-electron chi connectivity index (χ2n) is 3.34. The van der Waals surface area contributed by atoms with Gasteiger partial charge in [-0.15, -0.1) is 0 Å². The first-order valence-electron chi connectivity index (χ1n) is 4.81. The van der Waals surface area contributed by atoms with Crippen LogP contribution in [0.25, 0.3) is 0 Å². The van der Waals surface area contributed by atoms with Gasteiger partial charge in [0.2, 0.25) is 0 Å². The van der Waals surface area contributed by atoms with Crippen molar-refractivity contribution in [3.05, 3.63) is 0 Å². The molecule has 0 bridgehead atoms. The maximum absolute atomic E-state index is 10.3. The summed E-state index contributed by atoms with van der Waals surface area (Å²) in [5.41, 5.74) is 3.32. The van der Waals surface area contributed by atoms with Gasteiger partial charge in [-0.1, -0.05) is 32.6 Å². The van der Waals surface area contributed by atoms with Crippen LogP contribution in [0.1, 0.15) is 39.0 Å². The molecule has 0 heterocycles. The van der Waals surface area contributed by atoms with E-state index in [1.165, 1.54) is 0 Å². The molecule has 0 aromatic rings. The molecule has 0 saturated carbocycles. The highest BCUT2D eigenvalue weighted by atomic mass is 16.4. The highest BCUT2D eigenvalue weighted by Crippen LogP contribution is 2.06. The predicted molar refractivity (Wildman–Crippen MR) is 46.4 cm³/mol. The molecule has 4 nitrogen and oxygen atoms in total. The Balaban J connectivity index is 3.50. The molecule has 0 aliphatic heterocycles. The zero-order chi connectivity index (χ0) is 10.3. The maximum atomic E-state index is 10.3. The molecular weight excluding hydrogens is 170 g/mol. The van der Waals surface area contributed by atoms with Crippen molar-refractivity contribution in [3.8, 4) is 0 Å². The van der Waals surface area contributed by atoms with Crippen molar-refractivity contribution in [2.75, 3.05) is 0 Å². The van der Waals surface area contributed by atoms with Crippen molar-refractivity contribution in [3.63, 3.8) is 0 Å². The number of carboxylic acids is 1. The number of rotatable bonds is 7. The molecule has 0 spiro atoms. The molecule has 0 aromatic heterocycles. The zero-order valence-corrected chi connectivity index (χ0v) is 8.16. The number of unbranched alkanes of at least 4 members (excludes halogenated alkanes) is 3. The van der Waals surface area contributed by atoms with Crippen molar-refractivity contribution in [1.29, 1.82) is 0 Å². The lowest BCUT2D eigenvalue weighted by molar-refractivity contribution is -0.451. The lowest BCUT2D eigenvalue weighted by atomic mass is 10.0. The van der Waals surface area contributed by atoms with E-state index in [0.29, 0.717) is 6.42 Å². The van der Waals surface area contributed by atoms with Crippen LogP contribution in [0.5, 0.6) is 0 Å². The highest BCUT2D eigenvalue weighted by Gasteiger charge is 2.18. The van der Waals surface area contributed by atoms with E-state index in [-0.39, 0.29) is 0 Å². The summed E-state index contributed by atoms with van der Waals surface area (Å²) in [4.78, 5) is 10.3. The van der Waals surface area contributed by atoms with Crippen molar-refractivity contribution >= 4 is 5.97 Å². The topological polar surface area (TPSA) is 88.0 Å². The minimum absolute atomic E-state index is 0.502. The quantitative estimate of drug-likeness (QED) is 0.487. The van der Waals surface area contributed by atoms with E-state index in [1.807, 2.05) is 0 Å². The van der Waals surface area contributed by atoms with Crippen LogP contribution in [0.4, 0.5) is 0 Å². The van der Waals surface area contributed by atoms with Crippen molar-refractivity contribution in [2.45, 2.75) is 51.2 Å². The van der Waals surface area contributed by atoms with Crippen LogP contribution < -0.4 is 10.8 Å². The molecular formula is C9H19NO3. The van der Waals surface area contributed by atoms with E-state index in [4.69, 9.17) is 0 Å². The molecule has 78 valence electrons. The Morgan fingerprint density at radius 1 is 1.46 bits per heavy atom. The van der Waals surface area contributed by atoms with Crippen LogP contribution in [-0.2, 0) is 4.79 Å². The summed E-state index contributed by atoms with van der Waals surface area (Å²) in [5.74, 6) is -1.28. The third kappa shape index (κ3) is 5.60. The average molecular weight is 189 g/mol. The number of quaternary nitrogens is 1. The number of carboxylic acid groups (broad SMARTS) is 1. The van der Waals surface area contributed by atoms with Crippen LogP contribution in [0.15, 0.2) is 0 Å². The van der Waals surface area contributed by atoms with Gasteiger partial charge < -0.3 is 20.7 Å². The third-order valence-corrected chi connectivity index (χ3v) is 2.12. The van der Waals surface area contributed by atoms with E-state index in [9.17, 15) is 15.0 Å². The van der Waals surface area contributed by atoms with Gasteiger partial charge in [0.15, 0.2) is 6.04 Å². The summed E-state index contributed by atoms with van der Waals surface area (Å²) in [5, 5.41) is 19.6. The van der Waals surface area contributed by atoms with Crippen molar-refractivity contribution < 1.29 is 20.7 Å². The van der Waals surface area contributed by atoms with Crippen molar-refractivity contribution in [1.82, 2.24) is 0 Å². The molecule has 0 radical (unpaired) electrons. The van der Waals surface area contributed by atoms with Crippen LogP contribution in [0.3, 0.4) is 0 Å². The van der Waals surface area contributed by atoms with Crippen LogP contribution in [-0.4, -0.2) is 23.2 Å². The Kier molecular flexibility index (Phi) is 6.54. The number of carbonyl (C=O) groups is 1. The summed E-state index contributed by atoms with van der Waals surface area (Å²) in [6.45, 7) is 2.10. The van der Waals surface area contributed by atoms with Gasteiger partial charge in [-0.05, 0) is 6.42 Å². The fraction of sp³-hybridized carbons (Fsp3) is 0.889. The number of aliphatic hydroxyl groups is 1. The molecule has 0 unspecified atom stereocenters. The van der Waals surface area contributed by atoms with Crippen LogP contribution >= 0.6 is 0 Å². The van der Waals surface area contributed by atoms with Gasteiger partial charge in [-0.25, -0.2) is 0 Å². The third-order valence-electron chi connectivity index (χ3n) is 2.12. The Bertz CT molecular complexity index is 150. The standard InChI is InChI=1S/C9H19NO3/c1-2-3-4-5-6-7(11)8(10)9(12)13/h7-8,11H,2-6,10H2,1H3,(H,12,13)/t7-,8-/m0/s1. The Morgan fingerprint density at radius 3 is 2.54 bits per heavy atom. The van der Waals surface area contributed by atoms with E-state index in [1.54, 1.807) is 0 Å². The number of hydrogen-bond acceptors (Lipinski definition) is 3. The zero-order valence-electron chi connectivity index (χ0n) is 8.16. The predicted octanol–water partition coefficient (Wildman–Crippen LogP) is -1.32. The molecule has 2 atom stereocenters. The summed E-state index contributed by atoms with van der Waals surface area (Å²) in [6, 6.07) is -0.998. The molecule has 0 aliphatic carbocycles. The Hall–Kier alpha value is -0.610. The SMILES string of the molecule is CCCCCC[C@H](O)[C@H]([NH3+])C(=O)[O-]. The number of carbonyl (C=O) groups excluding carboxylic acids is 1. The van der Waals surface area contributed by atoms with Gasteiger partial charge >= 0.3 is 0 Å². The van der Waals surface area contributed by atoms with E-state index < -0.39 is 18.1 Å². The monoisotopic (exact) mass is 189 g/mol. The number of aliphatic carboxylic acids is 1. The molecule has 0 saturated heterocycles. The summed E-state index contributed by atoms with van der Waals surface area (Å²) in [6.07, 6.45) is 3.79.